The van der Waals surface area contributed by atoms with E-state index in [1.807, 2.05) is 18.2 Å². The van der Waals surface area contributed by atoms with Gasteiger partial charge in [0.2, 0.25) is 5.89 Å². The molecule has 4 nitrogen and oxygen atoms in total. The van der Waals surface area contributed by atoms with Crippen molar-refractivity contribution in [1.82, 2.24) is 10.2 Å². The van der Waals surface area contributed by atoms with Crippen molar-refractivity contribution in [2.24, 2.45) is 0 Å². The van der Waals surface area contributed by atoms with Gasteiger partial charge in [-0.1, -0.05) is 34.9 Å². The van der Waals surface area contributed by atoms with Gasteiger partial charge in [0, 0.05) is 29.9 Å². The van der Waals surface area contributed by atoms with Crippen molar-refractivity contribution in [2.45, 2.75) is 31.1 Å². The molecule has 1 unspecified atom stereocenters. The fraction of sp³-hybridized carbons (Fsp3) is 0.467. The van der Waals surface area contributed by atoms with Crippen molar-refractivity contribution in [3.63, 3.8) is 0 Å². The molecule has 1 aliphatic heterocycles. The van der Waals surface area contributed by atoms with Gasteiger partial charge in [0.15, 0.2) is 0 Å². The minimum atomic E-state index is 0.444. The van der Waals surface area contributed by atoms with Gasteiger partial charge in [-0.25, -0.2) is 0 Å². The number of nitrogens with zero attached hydrogens (tertiary/aromatic N) is 3. The Balaban J connectivity index is 1.51. The first-order chi connectivity index (χ1) is 9.81. The normalized spacial score (nSPS) is 22.4. The first kappa shape index (κ1) is 12.2. The summed E-state index contributed by atoms with van der Waals surface area (Å²) in [6.07, 6.45) is 3.44. The highest BCUT2D eigenvalue weighted by atomic mass is 35.5. The maximum absolute atomic E-state index is 6.28. The zero-order valence-electron chi connectivity index (χ0n) is 11.1. The molecule has 2 aliphatic rings. The van der Waals surface area contributed by atoms with E-state index >= 15 is 0 Å². The summed E-state index contributed by atoms with van der Waals surface area (Å²) in [6.45, 7) is 1.85. The van der Waals surface area contributed by atoms with Crippen molar-refractivity contribution in [1.29, 1.82) is 0 Å². The summed E-state index contributed by atoms with van der Waals surface area (Å²) in [4.78, 5) is 2.17. The SMILES string of the molecule is Clc1ccccc1C1CCN(c2nnc(C3CC3)o2)C1. The number of aromatic nitrogens is 2. The molecule has 1 aromatic heterocycles. The molecule has 0 N–H and O–H groups in total. The molecule has 0 bridgehead atoms. The number of hydrogen-bond donors (Lipinski definition) is 0. The van der Waals surface area contributed by atoms with Crippen LogP contribution in [0.15, 0.2) is 28.7 Å². The maximum Gasteiger partial charge on any atom is 0.318 e. The van der Waals surface area contributed by atoms with Crippen LogP contribution in [0.1, 0.15) is 42.6 Å². The Bertz CT molecular complexity index is 623. The van der Waals surface area contributed by atoms with Crippen LogP contribution in [-0.2, 0) is 0 Å². The molecule has 20 heavy (non-hydrogen) atoms. The Morgan fingerprint density at radius 3 is 2.75 bits per heavy atom. The Kier molecular flexibility index (Phi) is 2.91. The molecule has 0 spiro atoms. The third kappa shape index (κ3) is 2.18. The van der Waals surface area contributed by atoms with Gasteiger partial charge in [0.25, 0.3) is 0 Å². The number of halogens is 1. The molecule has 2 aromatic rings. The van der Waals surface area contributed by atoms with E-state index in [1.54, 1.807) is 0 Å². The Labute approximate surface area is 122 Å². The van der Waals surface area contributed by atoms with Crippen LogP contribution in [-0.4, -0.2) is 23.3 Å². The van der Waals surface area contributed by atoms with E-state index in [2.05, 4.69) is 21.2 Å². The molecule has 1 saturated carbocycles. The molecule has 1 aromatic carbocycles. The Hall–Kier alpha value is -1.55. The second-order valence-corrected chi connectivity index (χ2v) is 6.06. The van der Waals surface area contributed by atoms with Crippen LogP contribution in [0.25, 0.3) is 0 Å². The average molecular weight is 290 g/mol. The minimum absolute atomic E-state index is 0.444. The van der Waals surface area contributed by atoms with Crippen LogP contribution in [0.5, 0.6) is 0 Å². The van der Waals surface area contributed by atoms with Crippen LogP contribution in [0.2, 0.25) is 5.02 Å². The monoisotopic (exact) mass is 289 g/mol. The summed E-state index contributed by atoms with van der Waals surface area (Å²) in [5.41, 5.74) is 1.22. The third-order valence-corrected chi connectivity index (χ3v) is 4.50. The molecule has 0 amide bonds. The van der Waals surface area contributed by atoms with E-state index in [9.17, 15) is 0 Å². The van der Waals surface area contributed by atoms with Crippen LogP contribution in [0.3, 0.4) is 0 Å². The largest absolute Gasteiger partial charge is 0.408 e. The van der Waals surface area contributed by atoms with Gasteiger partial charge in [-0.15, -0.1) is 5.10 Å². The average Bonchev–Trinajstić information content (AvgIpc) is 3.01. The van der Waals surface area contributed by atoms with Crippen LogP contribution >= 0.6 is 11.6 Å². The van der Waals surface area contributed by atoms with E-state index in [-0.39, 0.29) is 0 Å². The molecule has 1 saturated heterocycles. The summed E-state index contributed by atoms with van der Waals surface area (Å²) >= 11 is 6.28. The second-order valence-electron chi connectivity index (χ2n) is 5.65. The highest BCUT2D eigenvalue weighted by Crippen LogP contribution is 2.40. The quantitative estimate of drug-likeness (QED) is 0.866. The van der Waals surface area contributed by atoms with Crippen molar-refractivity contribution in [2.75, 3.05) is 18.0 Å². The highest BCUT2D eigenvalue weighted by molar-refractivity contribution is 6.31. The molecule has 2 fully saturated rings. The van der Waals surface area contributed by atoms with Gasteiger partial charge in [-0.05, 0) is 30.9 Å². The van der Waals surface area contributed by atoms with Crippen molar-refractivity contribution >= 4 is 17.6 Å². The first-order valence-corrected chi connectivity index (χ1v) is 7.52. The van der Waals surface area contributed by atoms with Gasteiger partial charge in [-0.2, -0.15) is 0 Å². The lowest BCUT2D eigenvalue weighted by Crippen LogP contribution is -2.19. The van der Waals surface area contributed by atoms with Gasteiger partial charge in [0.05, 0.1) is 0 Å². The summed E-state index contributed by atoms with van der Waals surface area (Å²) in [6, 6.07) is 8.75. The molecular weight excluding hydrogens is 274 g/mol. The number of anilines is 1. The first-order valence-electron chi connectivity index (χ1n) is 7.14. The van der Waals surface area contributed by atoms with Gasteiger partial charge in [0.1, 0.15) is 0 Å². The summed E-state index contributed by atoms with van der Waals surface area (Å²) in [7, 11) is 0. The fourth-order valence-electron chi connectivity index (χ4n) is 2.84. The van der Waals surface area contributed by atoms with Gasteiger partial charge < -0.3 is 9.32 Å². The predicted molar refractivity (Wildman–Crippen MR) is 77.3 cm³/mol. The van der Waals surface area contributed by atoms with E-state index in [4.69, 9.17) is 16.0 Å². The molecule has 1 aliphatic carbocycles. The van der Waals surface area contributed by atoms with Crippen LogP contribution in [0, 0.1) is 0 Å². The summed E-state index contributed by atoms with van der Waals surface area (Å²) in [5, 5.41) is 9.19. The number of hydrogen-bond acceptors (Lipinski definition) is 4. The minimum Gasteiger partial charge on any atom is -0.408 e. The van der Waals surface area contributed by atoms with Crippen LogP contribution in [0.4, 0.5) is 6.01 Å². The topological polar surface area (TPSA) is 42.2 Å². The van der Waals surface area contributed by atoms with E-state index in [1.165, 1.54) is 18.4 Å². The van der Waals surface area contributed by atoms with Crippen LogP contribution < -0.4 is 4.90 Å². The van der Waals surface area contributed by atoms with Crippen molar-refractivity contribution in [3.05, 3.63) is 40.7 Å². The number of rotatable bonds is 3. The maximum atomic E-state index is 6.28. The molecule has 4 rings (SSSR count). The highest BCUT2D eigenvalue weighted by Gasteiger charge is 2.32. The molecule has 104 valence electrons. The predicted octanol–water partition coefficient (Wildman–Crippen LogP) is 3.59. The Morgan fingerprint density at radius 1 is 1.10 bits per heavy atom. The van der Waals surface area contributed by atoms with Gasteiger partial charge in [-0.3, -0.25) is 0 Å². The lowest BCUT2D eigenvalue weighted by atomic mass is 9.98. The van der Waals surface area contributed by atoms with E-state index in [0.29, 0.717) is 17.9 Å². The number of benzene rings is 1. The third-order valence-electron chi connectivity index (χ3n) is 4.16. The van der Waals surface area contributed by atoms with E-state index < -0.39 is 0 Å². The van der Waals surface area contributed by atoms with Crippen molar-refractivity contribution < 1.29 is 4.42 Å². The second kappa shape index (κ2) is 4.77. The lowest BCUT2D eigenvalue weighted by Gasteiger charge is -2.14. The zero-order valence-corrected chi connectivity index (χ0v) is 11.9. The van der Waals surface area contributed by atoms with Crippen molar-refractivity contribution in [3.8, 4) is 0 Å². The van der Waals surface area contributed by atoms with Gasteiger partial charge >= 0.3 is 6.01 Å². The van der Waals surface area contributed by atoms with E-state index in [0.717, 1.165) is 30.4 Å². The molecular formula is C15H16ClN3O. The Morgan fingerprint density at radius 2 is 1.95 bits per heavy atom. The molecule has 2 heterocycles. The zero-order chi connectivity index (χ0) is 13.5. The summed E-state index contributed by atoms with van der Waals surface area (Å²) < 4.78 is 5.78. The molecule has 5 heteroatoms. The lowest BCUT2D eigenvalue weighted by molar-refractivity contribution is 0.491. The summed E-state index contributed by atoms with van der Waals surface area (Å²) in [5.74, 6) is 1.76. The molecule has 0 radical (unpaired) electrons. The standard InChI is InChI=1S/C15H16ClN3O/c16-13-4-2-1-3-12(13)11-7-8-19(9-11)15-18-17-14(20-15)10-5-6-10/h1-4,10-11H,5-9H2. The fourth-order valence-corrected chi connectivity index (χ4v) is 3.13. The smallest absolute Gasteiger partial charge is 0.318 e. The molecule has 1 atom stereocenters.